The normalized spacial score (nSPS) is 23.0. The summed E-state index contributed by atoms with van der Waals surface area (Å²) in [6.07, 6.45) is 5.31. The van der Waals surface area contributed by atoms with E-state index in [9.17, 15) is 0 Å². The van der Waals surface area contributed by atoms with Crippen molar-refractivity contribution in [3.8, 4) is 0 Å². The number of rotatable bonds is 1. The molecule has 2 nitrogen and oxygen atoms in total. The second-order valence-corrected chi connectivity index (χ2v) is 3.60. The van der Waals surface area contributed by atoms with E-state index in [4.69, 9.17) is 16.3 Å². The Morgan fingerprint density at radius 3 is 3.08 bits per heavy atom. The van der Waals surface area contributed by atoms with Crippen LogP contribution in [0.2, 0.25) is 5.15 Å². The predicted molar refractivity (Wildman–Crippen MR) is 51.8 cm³/mol. The zero-order valence-electron chi connectivity index (χ0n) is 7.37. The van der Waals surface area contributed by atoms with Crippen LogP contribution in [0.3, 0.4) is 0 Å². The van der Waals surface area contributed by atoms with Crippen LogP contribution in [0.25, 0.3) is 0 Å². The fourth-order valence-electron chi connectivity index (χ4n) is 1.62. The Balaban J connectivity index is 2.18. The van der Waals surface area contributed by atoms with Gasteiger partial charge in [0, 0.05) is 18.4 Å². The van der Waals surface area contributed by atoms with Crippen LogP contribution in [0.1, 0.15) is 30.9 Å². The van der Waals surface area contributed by atoms with Gasteiger partial charge in [0.25, 0.3) is 0 Å². The Morgan fingerprint density at radius 1 is 1.46 bits per heavy atom. The molecule has 0 N–H and O–H groups in total. The van der Waals surface area contributed by atoms with E-state index in [1.807, 2.05) is 12.1 Å². The van der Waals surface area contributed by atoms with Gasteiger partial charge in [0.2, 0.25) is 0 Å². The highest BCUT2D eigenvalue weighted by Gasteiger charge is 2.18. The average Bonchev–Trinajstić information content (AvgIpc) is 2.20. The number of nitrogens with zero attached hydrogens (tertiary/aromatic N) is 1. The maximum absolute atomic E-state index is 5.97. The van der Waals surface area contributed by atoms with E-state index < -0.39 is 0 Å². The van der Waals surface area contributed by atoms with Crippen molar-refractivity contribution in [3.63, 3.8) is 0 Å². The molecule has 0 spiro atoms. The van der Waals surface area contributed by atoms with Crippen LogP contribution in [0, 0.1) is 0 Å². The summed E-state index contributed by atoms with van der Waals surface area (Å²) in [5.41, 5.74) is 1.03. The van der Waals surface area contributed by atoms with Crippen molar-refractivity contribution in [3.05, 3.63) is 29.0 Å². The summed E-state index contributed by atoms with van der Waals surface area (Å²) < 4.78 is 5.62. The smallest absolute Gasteiger partial charge is 0.134 e. The fraction of sp³-hybridized carbons (Fsp3) is 0.500. The molecule has 0 aromatic carbocycles. The number of hydrogen-bond donors (Lipinski definition) is 0. The monoisotopic (exact) mass is 197 g/mol. The summed E-state index contributed by atoms with van der Waals surface area (Å²) in [6, 6.07) is 3.89. The molecule has 1 aliphatic heterocycles. The number of ether oxygens (including phenoxy) is 1. The van der Waals surface area contributed by atoms with Crippen LogP contribution < -0.4 is 0 Å². The first-order valence-corrected chi connectivity index (χ1v) is 4.98. The molecule has 1 atom stereocenters. The molecule has 1 saturated heterocycles. The maximum atomic E-state index is 5.97. The van der Waals surface area contributed by atoms with Gasteiger partial charge in [-0.3, -0.25) is 0 Å². The zero-order valence-corrected chi connectivity index (χ0v) is 8.13. The molecule has 70 valence electrons. The third-order valence-corrected chi connectivity index (χ3v) is 2.63. The van der Waals surface area contributed by atoms with Gasteiger partial charge in [0.15, 0.2) is 0 Å². The van der Waals surface area contributed by atoms with Gasteiger partial charge in [0.05, 0.1) is 6.10 Å². The molecule has 1 aliphatic rings. The lowest BCUT2D eigenvalue weighted by atomic mass is 10.0. The van der Waals surface area contributed by atoms with Crippen molar-refractivity contribution in [1.82, 2.24) is 4.98 Å². The number of halogens is 1. The molecule has 1 aromatic heterocycles. The van der Waals surface area contributed by atoms with Crippen LogP contribution in [0.5, 0.6) is 0 Å². The number of aromatic nitrogens is 1. The van der Waals surface area contributed by atoms with Gasteiger partial charge >= 0.3 is 0 Å². The molecular formula is C10H12ClNO. The molecule has 0 saturated carbocycles. The molecule has 13 heavy (non-hydrogen) atoms. The molecule has 1 aromatic rings. The molecule has 2 heterocycles. The minimum Gasteiger partial charge on any atom is -0.373 e. The maximum Gasteiger partial charge on any atom is 0.134 e. The van der Waals surface area contributed by atoms with Gasteiger partial charge in [-0.15, -0.1) is 0 Å². The fourth-order valence-corrected chi connectivity index (χ4v) is 1.87. The summed E-state index contributed by atoms with van der Waals surface area (Å²) in [6.45, 7) is 0.843. The largest absolute Gasteiger partial charge is 0.373 e. The van der Waals surface area contributed by atoms with Crippen molar-refractivity contribution in [2.24, 2.45) is 0 Å². The van der Waals surface area contributed by atoms with Crippen molar-refractivity contribution >= 4 is 11.6 Å². The van der Waals surface area contributed by atoms with E-state index >= 15 is 0 Å². The first-order chi connectivity index (χ1) is 6.38. The molecule has 2 rings (SSSR count). The topological polar surface area (TPSA) is 22.1 Å². The second kappa shape index (κ2) is 4.07. The van der Waals surface area contributed by atoms with Crippen molar-refractivity contribution in [1.29, 1.82) is 0 Å². The van der Waals surface area contributed by atoms with Gasteiger partial charge in [-0.25, -0.2) is 4.98 Å². The van der Waals surface area contributed by atoms with Gasteiger partial charge in [-0.2, -0.15) is 0 Å². The third-order valence-electron chi connectivity index (χ3n) is 2.31. The molecule has 1 fully saturated rings. The zero-order chi connectivity index (χ0) is 9.10. The lowest BCUT2D eigenvalue weighted by Crippen LogP contribution is -2.12. The van der Waals surface area contributed by atoms with E-state index in [0.717, 1.165) is 25.0 Å². The Kier molecular flexibility index (Phi) is 2.81. The molecule has 3 heteroatoms. The highest BCUT2D eigenvalue weighted by molar-refractivity contribution is 6.30. The van der Waals surface area contributed by atoms with Crippen LogP contribution in [0.15, 0.2) is 18.3 Å². The van der Waals surface area contributed by atoms with Crippen LogP contribution in [-0.2, 0) is 4.74 Å². The third kappa shape index (κ3) is 2.01. The predicted octanol–water partition coefficient (Wildman–Crippen LogP) is 2.98. The Hall–Kier alpha value is -0.600. The Labute approximate surface area is 82.9 Å². The lowest BCUT2D eigenvalue weighted by molar-refractivity contribution is 0.0148. The van der Waals surface area contributed by atoms with E-state index in [0.29, 0.717) is 5.15 Å². The highest BCUT2D eigenvalue weighted by Crippen LogP contribution is 2.30. The van der Waals surface area contributed by atoms with Crippen molar-refractivity contribution in [2.75, 3.05) is 6.61 Å². The molecule has 0 aliphatic carbocycles. The highest BCUT2D eigenvalue weighted by atomic mass is 35.5. The number of pyridine rings is 1. The van der Waals surface area contributed by atoms with E-state index in [-0.39, 0.29) is 6.10 Å². The quantitative estimate of drug-likeness (QED) is 0.646. The molecule has 0 amide bonds. The summed E-state index contributed by atoms with van der Waals surface area (Å²) in [5.74, 6) is 0. The Bertz CT molecular complexity index is 284. The van der Waals surface area contributed by atoms with E-state index in [2.05, 4.69) is 4.98 Å². The molecule has 0 radical (unpaired) electrons. The Morgan fingerprint density at radius 2 is 2.38 bits per heavy atom. The average molecular weight is 198 g/mol. The number of hydrogen-bond acceptors (Lipinski definition) is 2. The van der Waals surface area contributed by atoms with Gasteiger partial charge in [-0.05, 0) is 25.3 Å². The van der Waals surface area contributed by atoms with Gasteiger partial charge in [0.1, 0.15) is 5.15 Å². The second-order valence-electron chi connectivity index (χ2n) is 3.24. The lowest BCUT2D eigenvalue weighted by Gasteiger charge is -2.23. The minimum absolute atomic E-state index is 0.162. The van der Waals surface area contributed by atoms with Crippen LogP contribution in [0.4, 0.5) is 0 Å². The first kappa shape index (κ1) is 8.97. The summed E-state index contributed by atoms with van der Waals surface area (Å²) in [4.78, 5) is 4.04. The van der Waals surface area contributed by atoms with Gasteiger partial charge < -0.3 is 4.74 Å². The molecule has 1 unspecified atom stereocenters. The van der Waals surface area contributed by atoms with E-state index in [1.165, 1.54) is 6.42 Å². The summed E-state index contributed by atoms with van der Waals surface area (Å²) in [7, 11) is 0. The summed E-state index contributed by atoms with van der Waals surface area (Å²) >= 11 is 5.97. The van der Waals surface area contributed by atoms with Gasteiger partial charge in [-0.1, -0.05) is 17.7 Å². The molecular weight excluding hydrogens is 186 g/mol. The standard InChI is InChI=1S/C10H12ClNO/c11-10-8(4-3-6-12-10)9-5-1-2-7-13-9/h3-4,6,9H,1-2,5,7H2. The van der Waals surface area contributed by atoms with Crippen LogP contribution in [-0.4, -0.2) is 11.6 Å². The van der Waals surface area contributed by atoms with E-state index in [1.54, 1.807) is 6.20 Å². The van der Waals surface area contributed by atoms with Crippen molar-refractivity contribution < 1.29 is 4.74 Å². The van der Waals surface area contributed by atoms with Crippen LogP contribution >= 0.6 is 11.6 Å². The molecule has 0 bridgehead atoms. The van der Waals surface area contributed by atoms with Crippen molar-refractivity contribution in [2.45, 2.75) is 25.4 Å². The first-order valence-electron chi connectivity index (χ1n) is 4.60. The summed E-state index contributed by atoms with van der Waals surface area (Å²) in [5, 5.41) is 0.578. The SMILES string of the molecule is Clc1ncccc1C1CCCCO1. The minimum atomic E-state index is 0.162.